The van der Waals surface area contributed by atoms with Crippen molar-refractivity contribution in [2.24, 2.45) is 11.7 Å². The molecule has 0 unspecified atom stereocenters. The molecule has 0 aliphatic carbocycles. The van der Waals surface area contributed by atoms with Gasteiger partial charge in [0, 0.05) is 11.6 Å². The Morgan fingerprint density at radius 3 is 2.68 bits per heavy atom. The fourth-order valence-electron chi connectivity index (χ4n) is 2.01. The molecule has 1 aromatic carbocycles. The number of amides is 1. The van der Waals surface area contributed by atoms with Crippen molar-refractivity contribution in [3.05, 3.63) is 33.6 Å². The average molecular weight is 340 g/mol. The van der Waals surface area contributed by atoms with E-state index in [0.29, 0.717) is 27.6 Å². The summed E-state index contributed by atoms with van der Waals surface area (Å²) in [6.45, 7) is 6.24. The monoisotopic (exact) mass is 339 g/mol. The number of hydrogen-bond donors (Lipinski definition) is 1. The number of fused-ring (bicyclic) bond motifs is 1. The highest BCUT2D eigenvalue weighted by Gasteiger charge is 2.18. The normalized spacial score (nSPS) is 12.8. The van der Waals surface area contributed by atoms with Crippen LogP contribution in [-0.2, 0) is 11.3 Å². The molecule has 2 N–H and O–H groups in total. The number of nitrogens with zero attached hydrogens (tertiary/aromatic N) is 2. The van der Waals surface area contributed by atoms with Crippen LogP contribution in [0.5, 0.6) is 0 Å². The van der Waals surface area contributed by atoms with Crippen molar-refractivity contribution in [2.75, 3.05) is 0 Å². The Bertz CT molecular complexity index is 773. The van der Waals surface area contributed by atoms with E-state index in [1.54, 1.807) is 29.7 Å². The summed E-state index contributed by atoms with van der Waals surface area (Å²) in [4.78, 5) is 28.5. The average Bonchev–Trinajstić information content (AvgIpc) is 2.43. The molecule has 1 amide bonds. The highest BCUT2D eigenvalue weighted by molar-refractivity contribution is 8.00. The predicted molar refractivity (Wildman–Crippen MR) is 90.4 cm³/mol. The van der Waals surface area contributed by atoms with E-state index in [0.717, 1.165) is 0 Å². The maximum atomic E-state index is 12.7. The zero-order valence-electron chi connectivity index (χ0n) is 12.7. The molecule has 2 aromatic rings. The summed E-state index contributed by atoms with van der Waals surface area (Å²) >= 11 is 7.17. The number of halogens is 1. The zero-order valence-corrected chi connectivity index (χ0v) is 14.2. The van der Waals surface area contributed by atoms with Crippen LogP contribution in [0.1, 0.15) is 20.8 Å². The number of nitrogens with two attached hydrogens (primary N) is 1. The van der Waals surface area contributed by atoms with E-state index >= 15 is 0 Å². The van der Waals surface area contributed by atoms with Crippen LogP contribution in [0, 0.1) is 5.92 Å². The largest absolute Gasteiger partial charge is 0.369 e. The lowest BCUT2D eigenvalue weighted by Crippen LogP contribution is -2.28. The second-order valence-corrected chi connectivity index (χ2v) is 7.27. The van der Waals surface area contributed by atoms with Crippen molar-refractivity contribution in [2.45, 2.75) is 37.7 Å². The lowest BCUT2D eigenvalue weighted by atomic mass is 10.2. The molecular weight excluding hydrogens is 322 g/mol. The number of thioether (sulfide) groups is 1. The van der Waals surface area contributed by atoms with E-state index in [1.165, 1.54) is 11.8 Å². The molecule has 0 saturated heterocycles. The van der Waals surface area contributed by atoms with Crippen molar-refractivity contribution >= 4 is 40.2 Å². The van der Waals surface area contributed by atoms with Gasteiger partial charge >= 0.3 is 0 Å². The van der Waals surface area contributed by atoms with Gasteiger partial charge in [0.25, 0.3) is 5.56 Å². The maximum absolute atomic E-state index is 12.7. The van der Waals surface area contributed by atoms with Crippen molar-refractivity contribution in [1.82, 2.24) is 9.55 Å². The molecule has 1 heterocycles. The van der Waals surface area contributed by atoms with Crippen molar-refractivity contribution < 1.29 is 4.79 Å². The molecule has 0 bridgehead atoms. The summed E-state index contributed by atoms with van der Waals surface area (Å²) in [5.41, 5.74) is 5.72. The SMILES string of the molecule is CC(C)Cn1c(S[C@@H](C)C(N)=O)nc2ccc(Cl)cc2c1=O. The lowest BCUT2D eigenvalue weighted by molar-refractivity contribution is -0.117. The third kappa shape index (κ3) is 3.62. The van der Waals surface area contributed by atoms with Crippen LogP contribution in [0.2, 0.25) is 5.02 Å². The van der Waals surface area contributed by atoms with Gasteiger partial charge in [0.2, 0.25) is 5.91 Å². The fraction of sp³-hybridized carbons (Fsp3) is 0.400. The maximum Gasteiger partial charge on any atom is 0.262 e. The smallest absolute Gasteiger partial charge is 0.262 e. The second-order valence-electron chi connectivity index (χ2n) is 5.53. The number of carbonyl (C=O) groups excluding carboxylic acids is 1. The summed E-state index contributed by atoms with van der Waals surface area (Å²) in [5.74, 6) is -0.175. The molecule has 5 nitrogen and oxygen atoms in total. The standard InChI is InChI=1S/C15H18ClN3O2S/c1-8(2)7-19-14(21)11-6-10(16)4-5-12(11)18-15(19)22-9(3)13(17)20/h4-6,8-9H,7H2,1-3H3,(H2,17,20)/t9-/m0/s1. The summed E-state index contributed by atoms with van der Waals surface area (Å²) in [7, 11) is 0. The third-order valence-electron chi connectivity index (χ3n) is 3.11. The Hall–Kier alpha value is -1.53. The molecule has 118 valence electrons. The predicted octanol–water partition coefficient (Wildman–Crippen LogP) is 2.67. The van der Waals surface area contributed by atoms with Crippen molar-refractivity contribution in [3.63, 3.8) is 0 Å². The minimum absolute atomic E-state index is 0.152. The number of carbonyl (C=O) groups is 1. The van der Waals surface area contributed by atoms with Crippen LogP contribution in [0.3, 0.4) is 0 Å². The van der Waals surface area contributed by atoms with Gasteiger partial charge in [0.1, 0.15) is 0 Å². The zero-order chi connectivity index (χ0) is 16.4. The molecule has 0 aliphatic rings. The lowest BCUT2D eigenvalue weighted by Gasteiger charge is -2.16. The molecule has 1 aromatic heterocycles. The van der Waals surface area contributed by atoms with Crippen LogP contribution >= 0.6 is 23.4 Å². The molecule has 0 spiro atoms. The highest BCUT2D eigenvalue weighted by atomic mass is 35.5. The van der Waals surface area contributed by atoms with Gasteiger partial charge in [-0.2, -0.15) is 0 Å². The molecule has 0 saturated carbocycles. The summed E-state index contributed by atoms with van der Waals surface area (Å²) < 4.78 is 1.59. The minimum atomic E-state index is -0.463. The Labute approximate surface area is 137 Å². The summed E-state index contributed by atoms with van der Waals surface area (Å²) in [5, 5.41) is 1.01. The van der Waals surface area contributed by atoms with Crippen LogP contribution < -0.4 is 11.3 Å². The van der Waals surface area contributed by atoms with E-state index in [-0.39, 0.29) is 11.5 Å². The number of primary amides is 1. The molecule has 22 heavy (non-hydrogen) atoms. The van der Waals surface area contributed by atoms with Crippen molar-refractivity contribution in [3.8, 4) is 0 Å². The number of benzene rings is 1. The first-order valence-electron chi connectivity index (χ1n) is 6.95. The Morgan fingerprint density at radius 2 is 2.09 bits per heavy atom. The second kappa shape index (κ2) is 6.71. The highest BCUT2D eigenvalue weighted by Crippen LogP contribution is 2.24. The minimum Gasteiger partial charge on any atom is -0.369 e. The van der Waals surface area contributed by atoms with Gasteiger partial charge in [-0.05, 0) is 31.0 Å². The Morgan fingerprint density at radius 1 is 1.41 bits per heavy atom. The van der Waals surface area contributed by atoms with Crippen molar-refractivity contribution in [1.29, 1.82) is 0 Å². The molecule has 0 fully saturated rings. The topological polar surface area (TPSA) is 78.0 Å². The molecule has 0 aliphatic heterocycles. The van der Waals surface area contributed by atoms with Gasteiger partial charge in [-0.1, -0.05) is 37.2 Å². The van der Waals surface area contributed by atoms with Crippen LogP contribution in [-0.4, -0.2) is 20.7 Å². The number of aromatic nitrogens is 2. The van der Waals surface area contributed by atoms with Gasteiger partial charge in [-0.3, -0.25) is 14.2 Å². The van der Waals surface area contributed by atoms with Crippen LogP contribution in [0.25, 0.3) is 10.9 Å². The van der Waals surface area contributed by atoms with Gasteiger partial charge in [-0.15, -0.1) is 0 Å². The number of hydrogen-bond acceptors (Lipinski definition) is 4. The quantitative estimate of drug-likeness (QED) is 0.671. The van der Waals surface area contributed by atoms with E-state index in [1.807, 2.05) is 13.8 Å². The molecule has 2 rings (SSSR count). The molecule has 1 atom stereocenters. The molecule has 7 heteroatoms. The van der Waals surface area contributed by atoms with Crippen LogP contribution in [0.15, 0.2) is 28.2 Å². The van der Waals surface area contributed by atoms with Gasteiger partial charge in [0.05, 0.1) is 16.2 Å². The van der Waals surface area contributed by atoms with Gasteiger partial charge in [0.15, 0.2) is 5.16 Å². The first-order chi connectivity index (χ1) is 10.3. The van der Waals surface area contributed by atoms with Crippen LogP contribution in [0.4, 0.5) is 0 Å². The van der Waals surface area contributed by atoms with E-state index < -0.39 is 11.2 Å². The molecule has 0 radical (unpaired) electrons. The summed E-state index contributed by atoms with van der Waals surface area (Å²) in [6.07, 6.45) is 0. The first kappa shape index (κ1) is 16.8. The molecular formula is C15H18ClN3O2S. The first-order valence-corrected chi connectivity index (χ1v) is 8.21. The van der Waals surface area contributed by atoms with E-state index in [9.17, 15) is 9.59 Å². The Balaban J connectivity index is 2.64. The van der Waals surface area contributed by atoms with Gasteiger partial charge < -0.3 is 5.73 Å². The van der Waals surface area contributed by atoms with E-state index in [4.69, 9.17) is 17.3 Å². The third-order valence-corrected chi connectivity index (χ3v) is 4.46. The number of rotatable bonds is 5. The van der Waals surface area contributed by atoms with E-state index in [2.05, 4.69) is 4.98 Å². The van der Waals surface area contributed by atoms with Gasteiger partial charge in [-0.25, -0.2) is 4.98 Å². The Kier molecular flexibility index (Phi) is 5.13. The summed E-state index contributed by atoms with van der Waals surface area (Å²) in [6, 6.07) is 5.02. The fourth-order valence-corrected chi connectivity index (χ4v) is 3.05.